The number of halogens is 1. The van der Waals surface area contributed by atoms with Crippen molar-refractivity contribution in [3.05, 3.63) is 29.8 Å². The largest absolute Gasteiger partial charge is 0.370 e. The smallest absolute Gasteiger partial charge is 0.228 e. The SMILES string of the molecule is Cc1cccc(N(CCC(N)=O)C(=O)CC2CCCN2)c1.Cl. The van der Waals surface area contributed by atoms with Crippen LogP contribution < -0.4 is 16.0 Å². The predicted molar refractivity (Wildman–Crippen MR) is 90.2 cm³/mol. The van der Waals surface area contributed by atoms with Crippen LogP contribution in [-0.2, 0) is 9.59 Å². The zero-order valence-electron chi connectivity index (χ0n) is 12.9. The molecule has 5 nitrogen and oxygen atoms in total. The third kappa shape index (κ3) is 5.31. The van der Waals surface area contributed by atoms with Gasteiger partial charge in [0, 0.05) is 31.1 Å². The fourth-order valence-electron chi connectivity index (χ4n) is 2.67. The van der Waals surface area contributed by atoms with E-state index in [1.165, 1.54) is 0 Å². The summed E-state index contributed by atoms with van der Waals surface area (Å²) >= 11 is 0. The molecule has 1 aromatic rings. The van der Waals surface area contributed by atoms with Gasteiger partial charge in [-0.15, -0.1) is 12.4 Å². The number of nitrogens with zero attached hydrogens (tertiary/aromatic N) is 1. The van der Waals surface area contributed by atoms with Gasteiger partial charge in [-0.05, 0) is 44.0 Å². The molecule has 1 aromatic carbocycles. The Morgan fingerprint density at radius 3 is 2.77 bits per heavy atom. The molecule has 3 N–H and O–H groups in total. The zero-order valence-corrected chi connectivity index (χ0v) is 13.7. The molecule has 1 heterocycles. The summed E-state index contributed by atoms with van der Waals surface area (Å²) in [6.07, 6.45) is 2.79. The minimum Gasteiger partial charge on any atom is -0.370 e. The monoisotopic (exact) mass is 325 g/mol. The Labute approximate surface area is 137 Å². The van der Waals surface area contributed by atoms with Crippen molar-refractivity contribution in [2.45, 2.75) is 38.6 Å². The number of nitrogens with one attached hydrogen (secondary N) is 1. The fraction of sp³-hybridized carbons (Fsp3) is 0.500. The van der Waals surface area contributed by atoms with Crippen LogP contribution in [0.1, 0.15) is 31.2 Å². The van der Waals surface area contributed by atoms with Crippen LogP contribution in [0.3, 0.4) is 0 Å². The third-order valence-electron chi connectivity index (χ3n) is 3.78. The molecular formula is C16H24ClN3O2. The van der Waals surface area contributed by atoms with Gasteiger partial charge in [0.2, 0.25) is 11.8 Å². The number of carbonyl (C=O) groups excluding carboxylic acids is 2. The zero-order chi connectivity index (χ0) is 15.2. The molecule has 1 aliphatic rings. The standard InChI is InChI=1S/C16H23N3O2.ClH/c1-12-4-2-6-14(10-12)19(9-7-15(17)20)16(21)11-13-5-3-8-18-13;/h2,4,6,10,13,18H,3,5,7-9,11H2,1H3,(H2,17,20);1H. The molecule has 2 rings (SSSR count). The Bertz CT molecular complexity index is 516. The molecule has 1 fully saturated rings. The maximum atomic E-state index is 12.6. The van der Waals surface area contributed by atoms with Crippen LogP contribution in [0.4, 0.5) is 5.69 Å². The molecule has 1 atom stereocenters. The summed E-state index contributed by atoms with van der Waals surface area (Å²) < 4.78 is 0. The first-order chi connectivity index (χ1) is 10.1. The fourth-order valence-corrected chi connectivity index (χ4v) is 2.67. The van der Waals surface area contributed by atoms with E-state index in [0.29, 0.717) is 13.0 Å². The van der Waals surface area contributed by atoms with Crippen molar-refractivity contribution >= 4 is 29.9 Å². The van der Waals surface area contributed by atoms with E-state index in [-0.39, 0.29) is 36.7 Å². The highest BCUT2D eigenvalue weighted by atomic mass is 35.5. The average molecular weight is 326 g/mol. The highest BCUT2D eigenvalue weighted by molar-refractivity contribution is 5.94. The first kappa shape index (κ1) is 18.5. The number of benzene rings is 1. The van der Waals surface area contributed by atoms with Gasteiger partial charge in [-0.1, -0.05) is 12.1 Å². The van der Waals surface area contributed by atoms with Crippen molar-refractivity contribution in [3.63, 3.8) is 0 Å². The third-order valence-corrected chi connectivity index (χ3v) is 3.78. The van der Waals surface area contributed by atoms with Gasteiger partial charge in [-0.2, -0.15) is 0 Å². The summed E-state index contributed by atoms with van der Waals surface area (Å²) in [7, 11) is 0. The van der Waals surface area contributed by atoms with Crippen LogP contribution in [0.5, 0.6) is 0 Å². The molecule has 0 saturated carbocycles. The number of anilines is 1. The molecular weight excluding hydrogens is 302 g/mol. The van der Waals surface area contributed by atoms with Crippen LogP contribution in [0.2, 0.25) is 0 Å². The van der Waals surface area contributed by atoms with Gasteiger partial charge in [0.1, 0.15) is 0 Å². The molecule has 22 heavy (non-hydrogen) atoms. The van der Waals surface area contributed by atoms with Crippen molar-refractivity contribution in [1.82, 2.24) is 5.32 Å². The summed E-state index contributed by atoms with van der Waals surface area (Å²) in [5, 5.41) is 3.33. The molecule has 0 bridgehead atoms. The Hall–Kier alpha value is -1.59. The summed E-state index contributed by atoms with van der Waals surface area (Å²) in [5.74, 6) is -0.347. The second-order valence-corrected chi connectivity index (χ2v) is 5.60. The highest BCUT2D eigenvalue weighted by Gasteiger charge is 2.23. The van der Waals surface area contributed by atoms with Crippen LogP contribution in [0.15, 0.2) is 24.3 Å². The van der Waals surface area contributed by atoms with Gasteiger partial charge >= 0.3 is 0 Å². The Balaban J connectivity index is 0.00000242. The second-order valence-electron chi connectivity index (χ2n) is 5.60. The van der Waals surface area contributed by atoms with Crippen molar-refractivity contribution in [2.75, 3.05) is 18.0 Å². The molecule has 0 aromatic heterocycles. The minimum absolute atomic E-state index is 0. The molecule has 0 aliphatic carbocycles. The molecule has 2 amide bonds. The van der Waals surface area contributed by atoms with Crippen LogP contribution >= 0.6 is 12.4 Å². The lowest BCUT2D eigenvalue weighted by molar-refractivity contribution is -0.119. The molecule has 1 aliphatic heterocycles. The Kier molecular flexibility index (Phi) is 7.35. The number of aryl methyl sites for hydroxylation is 1. The van der Waals surface area contributed by atoms with Gasteiger partial charge < -0.3 is 16.0 Å². The van der Waals surface area contributed by atoms with Crippen LogP contribution in [0.25, 0.3) is 0 Å². The van der Waals surface area contributed by atoms with Gasteiger partial charge in [0.15, 0.2) is 0 Å². The maximum absolute atomic E-state index is 12.6. The molecule has 122 valence electrons. The first-order valence-corrected chi connectivity index (χ1v) is 7.45. The van der Waals surface area contributed by atoms with Gasteiger partial charge in [-0.25, -0.2) is 0 Å². The number of nitrogens with two attached hydrogens (primary N) is 1. The van der Waals surface area contributed by atoms with E-state index in [9.17, 15) is 9.59 Å². The molecule has 1 unspecified atom stereocenters. The lowest BCUT2D eigenvalue weighted by atomic mass is 10.1. The molecule has 1 saturated heterocycles. The van der Waals surface area contributed by atoms with Gasteiger partial charge in [-0.3, -0.25) is 9.59 Å². The lowest BCUT2D eigenvalue weighted by Gasteiger charge is -2.24. The minimum atomic E-state index is -0.389. The van der Waals surface area contributed by atoms with E-state index in [1.807, 2.05) is 31.2 Å². The average Bonchev–Trinajstić information content (AvgIpc) is 2.91. The summed E-state index contributed by atoms with van der Waals surface area (Å²) in [4.78, 5) is 25.3. The van der Waals surface area contributed by atoms with E-state index >= 15 is 0 Å². The maximum Gasteiger partial charge on any atom is 0.228 e. The van der Waals surface area contributed by atoms with Crippen molar-refractivity contribution in [2.24, 2.45) is 5.73 Å². The van der Waals surface area contributed by atoms with Crippen LogP contribution in [-0.4, -0.2) is 30.9 Å². The lowest BCUT2D eigenvalue weighted by Crippen LogP contribution is -2.38. The summed E-state index contributed by atoms with van der Waals surface area (Å²) in [6.45, 7) is 3.30. The second kappa shape index (κ2) is 8.76. The van der Waals surface area contributed by atoms with Gasteiger partial charge in [0.05, 0.1) is 0 Å². The van der Waals surface area contributed by atoms with E-state index in [0.717, 1.165) is 30.6 Å². The van der Waals surface area contributed by atoms with Crippen molar-refractivity contribution < 1.29 is 9.59 Å². The summed E-state index contributed by atoms with van der Waals surface area (Å²) in [6, 6.07) is 8.01. The Morgan fingerprint density at radius 2 is 2.18 bits per heavy atom. The Morgan fingerprint density at radius 1 is 1.41 bits per heavy atom. The van der Waals surface area contributed by atoms with Gasteiger partial charge in [0.25, 0.3) is 0 Å². The van der Waals surface area contributed by atoms with E-state index in [2.05, 4.69) is 5.32 Å². The number of primary amides is 1. The number of rotatable bonds is 6. The van der Waals surface area contributed by atoms with E-state index in [1.54, 1.807) is 4.90 Å². The quantitative estimate of drug-likeness (QED) is 0.837. The van der Waals surface area contributed by atoms with E-state index < -0.39 is 0 Å². The molecule has 6 heteroatoms. The molecule has 0 spiro atoms. The van der Waals surface area contributed by atoms with Crippen molar-refractivity contribution in [3.8, 4) is 0 Å². The number of carbonyl (C=O) groups is 2. The first-order valence-electron chi connectivity index (χ1n) is 7.45. The normalized spacial score (nSPS) is 16.9. The van der Waals surface area contributed by atoms with E-state index in [4.69, 9.17) is 5.73 Å². The summed E-state index contributed by atoms with van der Waals surface area (Å²) in [5.41, 5.74) is 7.14. The number of amides is 2. The highest BCUT2D eigenvalue weighted by Crippen LogP contribution is 2.19. The number of hydrogen-bond donors (Lipinski definition) is 2. The topological polar surface area (TPSA) is 75.4 Å². The molecule has 0 radical (unpaired) electrons. The predicted octanol–water partition coefficient (Wildman–Crippen LogP) is 1.77. The van der Waals surface area contributed by atoms with Crippen molar-refractivity contribution in [1.29, 1.82) is 0 Å². The van der Waals surface area contributed by atoms with Crippen LogP contribution in [0, 0.1) is 6.92 Å². The number of hydrogen-bond acceptors (Lipinski definition) is 3.